The van der Waals surface area contributed by atoms with E-state index in [2.05, 4.69) is 0 Å². The van der Waals surface area contributed by atoms with Gasteiger partial charge in [-0.05, 0) is 24.6 Å². The van der Waals surface area contributed by atoms with Gasteiger partial charge in [0.05, 0.1) is 6.10 Å². The van der Waals surface area contributed by atoms with Crippen LogP contribution in [-0.2, 0) is 9.09 Å². The van der Waals surface area contributed by atoms with E-state index in [-0.39, 0.29) is 6.10 Å². The molecule has 0 aliphatic carbocycles. The molecular weight excluding hydrogens is 170 g/mol. The fraction of sp³-hybridized carbons (Fsp3) is 1.00. The third-order valence-electron chi connectivity index (χ3n) is 1.29. The van der Waals surface area contributed by atoms with Crippen molar-refractivity contribution < 1.29 is 9.09 Å². The predicted molar refractivity (Wildman–Crippen MR) is 44.8 cm³/mol. The molecule has 0 aromatic carbocycles. The summed E-state index contributed by atoms with van der Waals surface area (Å²) >= 11 is 5.53. The van der Waals surface area contributed by atoms with Gasteiger partial charge >= 0.3 is 0 Å². The lowest BCUT2D eigenvalue weighted by Gasteiger charge is -2.13. The molecule has 0 saturated heterocycles. The Balaban J connectivity index is 3.77. The zero-order valence-corrected chi connectivity index (χ0v) is 8.28. The second-order valence-corrected chi connectivity index (χ2v) is 5.80. The van der Waals surface area contributed by atoms with E-state index in [9.17, 15) is 4.57 Å². The van der Waals surface area contributed by atoms with Gasteiger partial charge in [0.1, 0.15) is 0 Å². The van der Waals surface area contributed by atoms with Crippen LogP contribution >= 0.6 is 18.0 Å². The van der Waals surface area contributed by atoms with Crippen LogP contribution in [0.25, 0.3) is 0 Å². The van der Waals surface area contributed by atoms with Gasteiger partial charge in [-0.15, -0.1) is 0 Å². The largest absolute Gasteiger partial charge is 0.315 e. The molecule has 0 N–H and O–H groups in total. The van der Waals surface area contributed by atoms with E-state index in [1.54, 1.807) is 6.92 Å². The van der Waals surface area contributed by atoms with Gasteiger partial charge in [0.25, 0.3) is 6.72 Å². The van der Waals surface area contributed by atoms with Gasteiger partial charge < -0.3 is 4.52 Å². The molecule has 0 aliphatic heterocycles. The maximum Gasteiger partial charge on any atom is 0.290 e. The van der Waals surface area contributed by atoms with Gasteiger partial charge in [0.15, 0.2) is 0 Å². The van der Waals surface area contributed by atoms with Crippen molar-refractivity contribution in [1.82, 2.24) is 0 Å². The maximum atomic E-state index is 11.1. The van der Waals surface area contributed by atoms with E-state index >= 15 is 0 Å². The van der Waals surface area contributed by atoms with Crippen molar-refractivity contribution in [3.8, 4) is 0 Å². The molecule has 0 heterocycles. The fourth-order valence-corrected chi connectivity index (χ4v) is 1.66. The first-order valence-electron chi connectivity index (χ1n) is 3.49. The molecule has 0 aromatic heterocycles. The molecule has 4 heteroatoms. The number of hydrogen-bond acceptors (Lipinski definition) is 2. The first-order chi connectivity index (χ1) is 4.52. The summed E-state index contributed by atoms with van der Waals surface area (Å²) in [5, 5.41) is 0. The summed E-state index contributed by atoms with van der Waals surface area (Å²) in [4.78, 5) is 0. The van der Waals surface area contributed by atoms with Gasteiger partial charge in [0, 0.05) is 6.16 Å². The van der Waals surface area contributed by atoms with E-state index in [0.717, 1.165) is 6.42 Å². The molecule has 62 valence electrons. The van der Waals surface area contributed by atoms with Gasteiger partial charge in [0.2, 0.25) is 0 Å². The Hall–Kier alpha value is 0.480. The van der Waals surface area contributed by atoms with Gasteiger partial charge in [-0.3, -0.25) is 4.57 Å². The third kappa shape index (κ3) is 4.32. The molecular formula is C6H14ClO2P. The van der Waals surface area contributed by atoms with Crippen LogP contribution in [0, 0.1) is 0 Å². The summed E-state index contributed by atoms with van der Waals surface area (Å²) < 4.78 is 16.2. The van der Waals surface area contributed by atoms with Crippen molar-refractivity contribution in [3.05, 3.63) is 0 Å². The minimum absolute atomic E-state index is 0.00304. The lowest BCUT2D eigenvalue weighted by Crippen LogP contribution is -2.02. The highest BCUT2D eigenvalue weighted by Gasteiger charge is 2.18. The summed E-state index contributed by atoms with van der Waals surface area (Å²) in [5.74, 6) is 0. The number of halogens is 1. The van der Waals surface area contributed by atoms with Crippen LogP contribution in [-0.4, -0.2) is 12.3 Å². The molecule has 2 nitrogen and oxygen atoms in total. The van der Waals surface area contributed by atoms with Crippen LogP contribution in [0.1, 0.15) is 27.2 Å². The highest BCUT2D eigenvalue weighted by molar-refractivity contribution is 7.85. The molecule has 0 spiro atoms. The minimum Gasteiger partial charge on any atom is -0.315 e. The maximum absolute atomic E-state index is 11.1. The van der Waals surface area contributed by atoms with Crippen LogP contribution in [0.3, 0.4) is 0 Å². The number of hydrogen-bond donors (Lipinski definition) is 0. The van der Waals surface area contributed by atoms with Crippen molar-refractivity contribution in [2.24, 2.45) is 0 Å². The fourth-order valence-electron chi connectivity index (χ4n) is 0.418. The zero-order valence-electron chi connectivity index (χ0n) is 6.63. The van der Waals surface area contributed by atoms with Crippen molar-refractivity contribution in [3.63, 3.8) is 0 Å². The summed E-state index contributed by atoms with van der Waals surface area (Å²) in [7, 11) is 0. The van der Waals surface area contributed by atoms with Crippen LogP contribution in [0.2, 0.25) is 0 Å². The molecule has 0 fully saturated rings. The van der Waals surface area contributed by atoms with Crippen LogP contribution in [0.5, 0.6) is 0 Å². The van der Waals surface area contributed by atoms with Crippen molar-refractivity contribution in [2.75, 3.05) is 6.16 Å². The smallest absolute Gasteiger partial charge is 0.290 e. The molecule has 0 bridgehead atoms. The zero-order chi connectivity index (χ0) is 8.20. The SMILES string of the molecule is CCC(C)OP(=O)(Cl)CC. The van der Waals surface area contributed by atoms with Gasteiger partial charge in [-0.1, -0.05) is 13.8 Å². The molecule has 10 heavy (non-hydrogen) atoms. The number of rotatable bonds is 4. The summed E-state index contributed by atoms with van der Waals surface area (Å²) in [6.45, 7) is 2.82. The topological polar surface area (TPSA) is 26.3 Å². The van der Waals surface area contributed by atoms with Crippen LogP contribution < -0.4 is 0 Å². The molecule has 2 unspecified atom stereocenters. The highest BCUT2D eigenvalue weighted by Crippen LogP contribution is 2.53. The Labute approximate surface area is 67.1 Å². The minimum atomic E-state index is -2.77. The van der Waals surface area contributed by atoms with E-state index in [0.29, 0.717) is 6.16 Å². The molecule has 2 atom stereocenters. The first-order valence-corrected chi connectivity index (χ1v) is 6.20. The summed E-state index contributed by atoms with van der Waals surface area (Å²) in [6, 6.07) is 0. The van der Waals surface area contributed by atoms with Crippen molar-refractivity contribution >= 4 is 18.0 Å². The molecule has 0 aromatic rings. The molecule has 0 radical (unpaired) electrons. The Morgan fingerprint density at radius 2 is 2.10 bits per heavy atom. The third-order valence-corrected chi connectivity index (χ3v) is 3.68. The van der Waals surface area contributed by atoms with E-state index in [1.165, 1.54) is 0 Å². The first kappa shape index (κ1) is 10.5. The Morgan fingerprint density at radius 3 is 2.40 bits per heavy atom. The van der Waals surface area contributed by atoms with Crippen molar-refractivity contribution in [1.29, 1.82) is 0 Å². The van der Waals surface area contributed by atoms with Gasteiger partial charge in [-0.25, -0.2) is 0 Å². The second kappa shape index (κ2) is 4.38. The Morgan fingerprint density at radius 1 is 1.60 bits per heavy atom. The second-order valence-electron chi connectivity index (χ2n) is 2.23. The standard InChI is InChI=1S/C6H14ClO2P/c1-4-6(3)9-10(7,8)5-2/h6H,4-5H2,1-3H3. The average Bonchev–Trinajstić information content (AvgIpc) is 1.87. The van der Waals surface area contributed by atoms with Crippen LogP contribution in [0.15, 0.2) is 0 Å². The molecule has 0 aliphatic rings. The Bertz CT molecular complexity index is 138. The lowest BCUT2D eigenvalue weighted by atomic mass is 10.3. The van der Waals surface area contributed by atoms with E-state index in [1.807, 2.05) is 13.8 Å². The predicted octanol–water partition coefficient (Wildman–Crippen LogP) is 3.25. The average molecular weight is 185 g/mol. The normalized spacial score (nSPS) is 20.0. The summed E-state index contributed by atoms with van der Waals surface area (Å²) in [6.07, 6.45) is 1.25. The molecule has 0 rings (SSSR count). The van der Waals surface area contributed by atoms with Gasteiger partial charge in [-0.2, -0.15) is 0 Å². The monoisotopic (exact) mass is 184 g/mol. The summed E-state index contributed by atoms with van der Waals surface area (Å²) in [5.41, 5.74) is 0. The van der Waals surface area contributed by atoms with Crippen LogP contribution in [0.4, 0.5) is 0 Å². The Kier molecular flexibility index (Phi) is 4.59. The molecule has 0 amide bonds. The highest BCUT2D eigenvalue weighted by atomic mass is 35.7. The van der Waals surface area contributed by atoms with Crippen molar-refractivity contribution in [2.45, 2.75) is 33.3 Å². The van der Waals surface area contributed by atoms with E-state index < -0.39 is 6.72 Å². The van der Waals surface area contributed by atoms with E-state index in [4.69, 9.17) is 15.8 Å². The molecule has 0 saturated carbocycles. The quantitative estimate of drug-likeness (QED) is 0.627. The lowest BCUT2D eigenvalue weighted by molar-refractivity contribution is 0.227.